The average Bonchev–Trinajstić information content (AvgIpc) is 2.54. The van der Waals surface area contributed by atoms with E-state index < -0.39 is 5.56 Å². The molecule has 3 rings (SSSR count). The predicted molar refractivity (Wildman–Crippen MR) is 88.9 cm³/mol. The molecule has 0 unspecified atom stereocenters. The van der Waals surface area contributed by atoms with E-state index in [1.54, 1.807) is 42.5 Å². The van der Waals surface area contributed by atoms with Crippen LogP contribution in [-0.4, -0.2) is 22.4 Å². The van der Waals surface area contributed by atoms with Crippen molar-refractivity contribution in [2.75, 3.05) is 7.11 Å². The Bertz CT molecular complexity index is 979. The van der Waals surface area contributed by atoms with Gasteiger partial charge in [0.05, 0.1) is 28.9 Å². The molecule has 0 atom stereocenters. The van der Waals surface area contributed by atoms with Gasteiger partial charge in [-0.05, 0) is 30.3 Å². The number of carbonyl (C=O) groups is 1. The Morgan fingerprint density at radius 3 is 2.61 bits per heavy atom. The first-order valence-corrected chi connectivity index (χ1v) is 7.27. The number of hydrogen-bond donors (Lipinski definition) is 0. The van der Waals surface area contributed by atoms with Gasteiger partial charge in [0, 0.05) is 6.92 Å². The number of carbonyl (C=O) groups excluding carboxylic acids is 1. The third kappa shape index (κ3) is 2.59. The molecule has 0 saturated carbocycles. The number of nitrogens with zero attached hydrogens (tertiary/aromatic N) is 2. The van der Waals surface area contributed by atoms with E-state index in [1.165, 1.54) is 18.6 Å². The molecular formula is C17H13ClN2O3. The molecule has 1 aromatic heterocycles. The van der Waals surface area contributed by atoms with Crippen LogP contribution in [0.5, 0.6) is 5.75 Å². The lowest BCUT2D eigenvalue weighted by Gasteiger charge is -2.12. The number of para-hydroxylation sites is 2. The molecule has 0 aliphatic heterocycles. The van der Waals surface area contributed by atoms with E-state index in [2.05, 4.69) is 4.98 Å². The topological polar surface area (TPSA) is 61.2 Å². The van der Waals surface area contributed by atoms with Crippen molar-refractivity contribution < 1.29 is 9.53 Å². The van der Waals surface area contributed by atoms with Gasteiger partial charge in [0.15, 0.2) is 11.5 Å². The molecule has 0 fully saturated rings. The summed E-state index contributed by atoms with van der Waals surface area (Å²) in [6.07, 6.45) is 0. The molecule has 3 aromatic rings. The molecule has 5 nitrogen and oxygen atoms in total. The number of fused-ring (bicyclic) bond motifs is 1. The molecule has 116 valence electrons. The standard InChI is InChI=1S/C17H13ClN2O3/c1-10(21)16-17(22)20(14-6-4-3-5-13(14)19-16)11-7-8-15(23-2)12(18)9-11/h3-9H,1-2H3. The molecule has 0 bridgehead atoms. The number of rotatable bonds is 3. The summed E-state index contributed by atoms with van der Waals surface area (Å²) in [5.74, 6) is 0.128. The van der Waals surface area contributed by atoms with Crippen molar-refractivity contribution in [2.45, 2.75) is 6.92 Å². The average molecular weight is 329 g/mol. The lowest BCUT2D eigenvalue weighted by Crippen LogP contribution is -2.26. The summed E-state index contributed by atoms with van der Waals surface area (Å²) in [6, 6.07) is 12.1. The van der Waals surface area contributed by atoms with Gasteiger partial charge in [0.25, 0.3) is 5.56 Å². The third-order valence-corrected chi connectivity index (χ3v) is 3.78. The van der Waals surface area contributed by atoms with Gasteiger partial charge in [-0.2, -0.15) is 0 Å². The highest BCUT2D eigenvalue weighted by molar-refractivity contribution is 6.32. The van der Waals surface area contributed by atoms with Crippen molar-refractivity contribution >= 4 is 28.4 Å². The summed E-state index contributed by atoms with van der Waals surface area (Å²) in [5.41, 5.74) is 1.13. The van der Waals surface area contributed by atoms with E-state index in [0.29, 0.717) is 27.5 Å². The summed E-state index contributed by atoms with van der Waals surface area (Å²) >= 11 is 6.16. The summed E-state index contributed by atoms with van der Waals surface area (Å²) in [4.78, 5) is 28.6. The second-order valence-electron chi connectivity index (χ2n) is 4.96. The zero-order chi connectivity index (χ0) is 16.6. The smallest absolute Gasteiger partial charge is 0.285 e. The molecule has 23 heavy (non-hydrogen) atoms. The summed E-state index contributed by atoms with van der Waals surface area (Å²) in [5, 5.41) is 0.377. The van der Waals surface area contributed by atoms with Gasteiger partial charge in [0.2, 0.25) is 0 Å². The Morgan fingerprint density at radius 2 is 1.96 bits per heavy atom. The number of ether oxygens (including phenoxy) is 1. The van der Waals surface area contributed by atoms with Crippen LogP contribution in [0.1, 0.15) is 17.4 Å². The van der Waals surface area contributed by atoms with Crippen molar-refractivity contribution in [3.8, 4) is 11.4 Å². The lowest BCUT2D eigenvalue weighted by molar-refractivity contribution is 0.101. The van der Waals surface area contributed by atoms with Crippen LogP contribution in [0.4, 0.5) is 0 Å². The normalized spacial score (nSPS) is 10.7. The van der Waals surface area contributed by atoms with Crippen LogP contribution >= 0.6 is 11.6 Å². The molecule has 0 amide bonds. The quantitative estimate of drug-likeness (QED) is 0.692. The minimum Gasteiger partial charge on any atom is -0.495 e. The Morgan fingerprint density at radius 1 is 1.22 bits per heavy atom. The number of benzene rings is 2. The van der Waals surface area contributed by atoms with E-state index in [9.17, 15) is 9.59 Å². The largest absolute Gasteiger partial charge is 0.495 e. The van der Waals surface area contributed by atoms with Gasteiger partial charge in [-0.25, -0.2) is 4.98 Å². The highest BCUT2D eigenvalue weighted by Gasteiger charge is 2.16. The number of methoxy groups -OCH3 is 1. The molecule has 0 N–H and O–H groups in total. The van der Waals surface area contributed by atoms with Gasteiger partial charge < -0.3 is 4.74 Å². The molecule has 0 saturated heterocycles. The van der Waals surface area contributed by atoms with Crippen LogP contribution in [-0.2, 0) is 0 Å². The van der Waals surface area contributed by atoms with Crippen molar-refractivity contribution in [3.63, 3.8) is 0 Å². The zero-order valence-corrected chi connectivity index (χ0v) is 13.3. The Balaban J connectivity index is 2.40. The molecular weight excluding hydrogens is 316 g/mol. The van der Waals surface area contributed by atoms with Crippen LogP contribution in [0.2, 0.25) is 5.02 Å². The monoisotopic (exact) mass is 328 g/mol. The fourth-order valence-corrected chi connectivity index (χ4v) is 2.66. The predicted octanol–water partition coefficient (Wildman–Crippen LogP) is 3.25. The molecule has 0 radical (unpaired) electrons. The van der Waals surface area contributed by atoms with Crippen LogP contribution in [0, 0.1) is 0 Å². The number of Topliss-reactive ketones (excluding diaryl/α,β-unsaturated/α-hetero) is 1. The number of ketones is 1. The van der Waals surface area contributed by atoms with Crippen LogP contribution in [0.3, 0.4) is 0 Å². The number of hydrogen-bond acceptors (Lipinski definition) is 4. The van der Waals surface area contributed by atoms with Crippen molar-refractivity contribution in [3.05, 3.63) is 63.5 Å². The number of halogens is 1. The molecule has 0 aliphatic carbocycles. The van der Waals surface area contributed by atoms with Gasteiger partial charge in [0.1, 0.15) is 5.75 Å². The van der Waals surface area contributed by atoms with Crippen LogP contribution in [0.15, 0.2) is 47.3 Å². The molecule has 0 spiro atoms. The van der Waals surface area contributed by atoms with Gasteiger partial charge in [-0.15, -0.1) is 0 Å². The van der Waals surface area contributed by atoms with E-state index in [0.717, 1.165) is 0 Å². The summed E-state index contributed by atoms with van der Waals surface area (Å²) in [7, 11) is 1.52. The number of aromatic nitrogens is 2. The van der Waals surface area contributed by atoms with Crippen molar-refractivity contribution in [2.24, 2.45) is 0 Å². The first-order chi connectivity index (χ1) is 11.0. The van der Waals surface area contributed by atoms with Crippen LogP contribution < -0.4 is 10.3 Å². The maximum Gasteiger partial charge on any atom is 0.285 e. The van der Waals surface area contributed by atoms with Crippen molar-refractivity contribution in [1.82, 2.24) is 9.55 Å². The maximum atomic E-state index is 12.7. The zero-order valence-electron chi connectivity index (χ0n) is 12.5. The van der Waals surface area contributed by atoms with Gasteiger partial charge >= 0.3 is 0 Å². The minimum absolute atomic E-state index is 0.101. The lowest BCUT2D eigenvalue weighted by atomic mass is 10.2. The summed E-state index contributed by atoms with van der Waals surface area (Å²) < 4.78 is 6.56. The fraction of sp³-hybridized carbons (Fsp3) is 0.118. The second-order valence-corrected chi connectivity index (χ2v) is 5.37. The van der Waals surface area contributed by atoms with Crippen molar-refractivity contribution in [1.29, 1.82) is 0 Å². The highest BCUT2D eigenvalue weighted by Crippen LogP contribution is 2.27. The fourth-order valence-electron chi connectivity index (χ4n) is 2.41. The second kappa shape index (κ2) is 5.85. The SMILES string of the molecule is COc1ccc(-n2c(=O)c(C(C)=O)nc3ccccc32)cc1Cl. The Hall–Kier alpha value is -2.66. The van der Waals surface area contributed by atoms with Gasteiger partial charge in [-0.3, -0.25) is 14.2 Å². The first-order valence-electron chi connectivity index (χ1n) is 6.89. The molecule has 2 aromatic carbocycles. The van der Waals surface area contributed by atoms with Gasteiger partial charge in [-0.1, -0.05) is 23.7 Å². The Kier molecular flexibility index (Phi) is 3.88. The van der Waals surface area contributed by atoms with E-state index >= 15 is 0 Å². The van der Waals surface area contributed by atoms with E-state index in [-0.39, 0.29) is 11.5 Å². The van der Waals surface area contributed by atoms with Crippen LogP contribution in [0.25, 0.3) is 16.7 Å². The molecule has 0 aliphatic rings. The first kappa shape index (κ1) is 15.2. The molecule has 1 heterocycles. The molecule has 6 heteroatoms. The minimum atomic E-state index is -0.475. The third-order valence-electron chi connectivity index (χ3n) is 3.49. The van der Waals surface area contributed by atoms with E-state index in [4.69, 9.17) is 16.3 Å². The summed E-state index contributed by atoms with van der Waals surface area (Å²) in [6.45, 7) is 1.32. The highest BCUT2D eigenvalue weighted by atomic mass is 35.5. The van der Waals surface area contributed by atoms with E-state index in [1.807, 2.05) is 0 Å². The Labute approximate surface area is 137 Å². The maximum absolute atomic E-state index is 12.7.